The van der Waals surface area contributed by atoms with Gasteiger partial charge in [0.25, 0.3) is 5.91 Å². The van der Waals surface area contributed by atoms with Crippen LogP contribution in [0.15, 0.2) is 0 Å². The van der Waals surface area contributed by atoms with Crippen molar-refractivity contribution in [3.63, 3.8) is 0 Å². The summed E-state index contributed by atoms with van der Waals surface area (Å²) in [5.41, 5.74) is -0.621. The van der Waals surface area contributed by atoms with Gasteiger partial charge in [-0.3, -0.25) is 4.79 Å². The summed E-state index contributed by atoms with van der Waals surface area (Å²) in [7, 11) is 0. The van der Waals surface area contributed by atoms with Gasteiger partial charge in [-0.15, -0.1) is 0 Å². The molecule has 0 radical (unpaired) electrons. The zero-order chi connectivity index (χ0) is 10.2. The normalized spacial score (nSPS) is 37.9. The van der Waals surface area contributed by atoms with Gasteiger partial charge in [0.2, 0.25) is 0 Å². The number of carbonyl (C=O) groups is 1. The van der Waals surface area contributed by atoms with E-state index < -0.39 is 5.60 Å². The maximum absolute atomic E-state index is 12.0. The highest BCUT2D eigenvalue weighted by atomic mass is 16.5. The molecule has 2 fully saturated rings. The summed E-state index contributed by atoms with van der Waals surface area (Å²) in [6, 6.07) is 0. The van der Waals surface area contributed by atoms with E-state index in [1.54, 1.807) is 4.90 Å². The standard InChI is InChI=1S/C10H17NO3/c1-10(4-2-6-14-10)9(13)11-5-3-8(12)7-11/h8,12H,2-7H2,1H3/t8-,10?/m0/s1. The molecule has 0 aromatic carbocycles. The molecule has 2 saturated heterocycles. The zero-order valence-corrected chi connectivity index (χ0v) is 8.53. The highest BCUT2D eigenvalue weighted by molar-refractivity contribution is 5.85. The molecule has 0 saturated carbocycles. The summed E-state index contributed by atoms with van der Waals surface area (Å²) in [5.74, 6) is 0.0477. The molecule has 2 aliphatic rings. The van der Waals surface area contributed by atoms with Crippen LogP contribution in [-0.2, 0) is 9.53 Å². The minimum Gasteiger partial charge on any atom is -0.391 e. The molecule has 2 heterocycles. The van der Waals surface area contributed by atoms with Crippen LogP contribution in [0, 0.1) is 0 Å². The number of likely N-dealkylation sites (tertiary alicyclic amines) is 1. The van der Waals surface area contributed by atoms with Gasteiger partial charge in [0.05, 0.1) is 6.10 Å². The molecule has 2 atom stereocenters. The number of amides is 1. The topological polar surface area (TPSA) is 49.8 Å². The number of nitrogens with zero attached hydrogens (tertiary/aromatic N) is 1. The number of β-amino-alcohol motifs (C(OH)–C–C–N with tert-alkyl or cyclic N) is 1. The number of hydrogen-bond acceptors (Lipinski definition) is 3. The fourth-order valence-corrected chi connectivity index (χ4v) is 2.21. The molecular weight excluding hydrogens is 182 g/mol. The van der Waals surface area contributed by atoms with Gasteiger partial charge in [-0.25, -0.2) is 0 Å². The van der Waals surface area contributed by atoms with Crippen molar-refractivity contribution in [3.8, 4) is 0 Å². The molecule has 14 heavy (non-hydrogen) atoms. The molecule has 0 aromatic heterocycles. The van der Waals surface area contributed by atoms with Crippen LogP contribution in [-0.4, -0.2) is 47.3 Å². The smallest absolute Gasteiger partial charge is 0.254 e. The first kappa shape index (κ1) is 9.93. The van der Waals surface area contributed by atoms with E-state index in [9.17, 15) is 9.90 Å². The largest absolute Gasteiger partial charge is 0.391 e. The van der Waals surface area contributed by atoms with Gasteiger partial charge >= 0.3 is 0 Å². The van der Waals surface area contributed by atoms with Crippen LogP contribution in [0.25, 0.3) is 0 Å². The predicted octanol–water partition coefficient (Wildman–Crippen LogP) is 0.149. The third-order valence-corrected chi connectivity index (χ3v) is 3.12. The minimum atomic E-state index is -0.621. The highest BCUT2D eigenvalue weighted by Crippen LogP contribution is 2.28. The Bertz CT molecular complexity index is 236. The third kappa shape index (κ3) is 1.64. The number of hydrogen-bond donors (Lipinski definition) is 1. The molecular formula is C10H17NO3. The van der Waals surface area contributed by atoms with E-state index >= 15 is 0 Å². The molecule has 4 nitrogen and oxygen atoms in total. The van der Waals surface area contributed by atoms with Crippen LogP contribution in [0.2, 0.25) is 0 Å². The Hall–Kier alpha value is -0.610. The van der Waals surface area contributed by atoms with Crippen LogP contribution < -0.4 is 0 Å². The second kappa shape index (κ2) is 3.51. The number of ether oxygens (including phenoxy) is 1. The lowest BCUT2D eigenvalue weighted by Crippen LogP contribution is -2.46. The van der Waals surface area contributed by atoms with Gasteiger partial charge in [0, 0.05) is 19.7 Å². The zero-order valence-electron chi connectivity index (χ0n) is 8.53. The van der Waals surface area contributed by atoms with Crippen molar-refractivity contribution in [1.29, 1.82) is 0 Å². The van der Waals surface area contributed by atoms with Crippen LogP contribution in [0.1, 0.15) is 26.2 Å². The Morgan fingerprint density at radius 3 is 2.93 bits per heavy atom. The molecule has 1 unspecified atom stereocenters. The van der Waals surface area contributed by atoms with Gasteiger partial charge in [0.1, 0.15) is 5.60 Å². The van der Waals surface area contributed by atoms with Crippen molar-refractivity contribution in [1.82, 2.24) is 4.90 Å². The molecule has 4 heteroatoms. The number of aliphatic hydroxyl groups excluding tert-OH is 1. The first-order valence-corrected chi connectivity index (χ1v) is 5.23. The minimum absolute atomic E-state index is 0.0477. The monoisotopic (exact) mass is 199 g/mol. The number of rotatable bonds is 1. The number of aliphatic hydroxyl groups is 1. The van der Waals surface area contributed by atoms with Gasteiger partial charge < -0.3 is 14.7 Å². The Kier molecular flexibility index (Phi) is 2.49. The summed E-state index contributed by atoms with van der Waals surface area (Å²) in [6.07, 6.45) is 2.11. The Labute approximate surface area is 83.8 Å². The fraction of sp³-hybridized carbons (Fsp3) is 0.900. The Morgan fingerprint density at radius 2 is 2.43 bits per heavy atom. The van der Waals surface area contributed by atoms with E-state index in [1.807, 2.05) is 6.92 Å². The lowest BCUT2D eigenvalue weighted by atomic mass is 10.0. The Morgan fingerprint density at radius 1 is 1.64 bits per heavy atom. The molecule has 2 rings (SSSR count). The van der Waals surface area contributed by atoms with Gasteiger partial charge in [-0.2, -0.15) is 0 Å². The van der Waals surface area contributed by atoms with E-state index in [2.05, 4.69) is 0 Å². The molecule has 1 amide bonds. The second-order valence-electron chi connectivity index (χ2n) is 4.38. The quantitative estimate of drug-likeness (QED) is 0.654. The molecule has 0 aromatic rings. The van der Waals surface area contributed by atoms with Crippen LogP contribution in [0.3, 0.4) is 0 Å². The summed E-state index contributed by atoms with van der Waals surface area (Å²) in [4.78, 5) is 13.7. The molecule has 0 aliphatic carbocycles. The summed E-state index contributed by atoms with van der Waals surface area (Å²) >= 11 is 0. The van der Waals surface area contributed by atoms with Crippen molar-refractivity contribution in [2.24, 2.45) is 0 Å². The van der Waals surface area contributed by atoms with Crippen molar-refractivity contribution in [3.05, 3.63) is 0 Å². The highest BCUT2D eigenvalue weighted by Gasteiger charge is 2.42. The van der Waals surface area contributed by atoms with E-state index in [-0.39, 0.29) is 12.0 Å². The number of carbonyl (C=O) groups excluding carboxylic acids is 1. The molecule has 0 bridgehead atoms. The van der Waals surface area contributed by atoms with Crippen molar-refractivity contribution in [2.45, 2.75) is 37.9 Å². The lowest BCUT2D eigenvalue weighted by Gasteiger charge is -2.27. The van der Waals surface area contributed by atoms with E-state index in [0.717, 1.165) is 12.8 Å². The summed E-state index contributed by atoms with van der Waals surface area (Å²) in [6.45, 7) is 3.67. The van der Waals surface area contributed by atoms with Crippen molar-refractivity contribution >= 4 is 5.91 Å². The average Bonchev–Trinajstić information content (AvgIpc) is 2.74. The van der Waals surface area contributed by atoms with E-state index in [1.165, 1.54) is 0 Å². The predicted molar refractivity (Wildman–Crippen MR) is 50.8 cm³/mol. The summed E-state index contributed by atoms with van der Waals surface area (Å²) < 4.78 is 5.48. The molecule has 0 spiro atoms. The average molecular weight is 199 g/mol. The maximum Gasteiger partial charge on any atom is 0.254 e. The van der Waals surface area contributed by atoms with Crippen molar-refractivity contribution < 1.29 is 14.6 Å². The molecule has 2 aliphatic heterocycles. The SMILES string of the molecule is CC1(C(=O)N2CC[C@H](O)C2)CCCO1. The first-order chi connectivity index (χ1) is 6.62. The fourth-order valence-electron chi connectivity index (χ4n) is 2.21. The molecule has 1 N–H and O–H groups in total. The van der Waals surface area contributed by atoms with Crippen LogP contribution in [0.5, 0.6) is 0 Å². The first-order valence-electron chi connectivity index (χ1n) is 5.23. The lowest BCUT2D eigenvalue weighted by molar-refractivity contribution is -0.150. The maximum atomic E-state index is 12.0. The third-order valence-electron chi connectivity index (χ3n) is 3.12. The van der Waals surface area contributed by atoms with Crippen molar-refractivity contribution in [2.75, 3.05) is 19.7 Å². The van der Waals surface area contributed by atoms with E-state index in [4.69, 9.17) is 4.74 Å². The van der Waals surface area contributed by atoms with Gasteiger partial charge in [-0.1, -0.05) is 0 Å². The van der Waals surface area contributed by atoms with Gasteiger partial charge in [-0.05, 0) is 26.2 Å². The molecule has 80 valence electrons. The van der Waals surface area contributed by atoms with Gasteiger partial charge in [0.15, 0.2) is 0 Å². The Balaban J connectivity index is 2.00. The van der Waals surface area contributed by atoms with Crippen LogP contribution >= 0.6 is 0 Å². The second-order valence-corrected chi connectivity index (χ2v) is 4.38. The van der Waals surface area contributed by atoms with Crippen LogP contribution in [0.4, 0.5) is 0 Å². The summed E-state index contributed by atoms with van der Waals surface area (Å²) in [5, 5.41) is 9.34. The van der Waals surface area contributed by atoms with E-state index in [0.29, 0.717) is 26.1 Å².